The minimum Gasteiger partial charge on any atom is -0.301 e. The van der Waals surface area contributed by atoms with Crippen molar-refractivity contribution < 1.29 is 13.2 Å². The number of hydrogen-bond acceptors (Lipinski definition) is 8. The molecule has 4 heterocycles. The van der Waals surface area contributed by atoms with Crippen LogP contribution in [0.2, 0.25) is 4.34 Å². The van der Waals surface area contributed by atoms with Gasteiger partial charge in [-0.2, -0.15) is 4.31 Å². The maximum atomic E-state index is 13.0. The first-order valence-electron chi connectivity index (χ1n) is 9.08. The van der Waals surface area contributed by atoms with Gasteiger partial charge in [0, 0.05) is 6.54 Å². The molecule has 1 aliphatic heterocycles. The molecular weight excluding hydrogens is 484 g/mol. The lowest BCUT2D eigenvalue weighted by atomic mass is 10.2. The predicted molar refractivity (Wildman–Crippen MR) is 122 cm³/mol. The Labute approximate surface area is 189 Å². The first kappa shape index (κ1) is 20.3. The van der Waals surface area contributed by atoms with Crippen LogP contribution < -0.4 is 5.32 Å². The molecule has 1 fully saturated rings. The van der Waals surface area contributed by atoms with Crippen molar-refractivity contribution in [1.82, 2.24) is 14.3 Å². The van der Waals surface area contributed by atoms with Crippen LogP contribution in [0, 0.1) is 6.92 Å². The molecule has 12 heteroatoms. The number of sulfonamides is 1. The number of benzene rings is 1. The van der Waals surface area contributed by atoms with Crippen LogP contribution in [-0.4, -0.2) is 41.2 Å². The normalized spacial score (nSPS) is 17.9. The van der Waals surface area contributed by atoms with Crippen LogP contribution >= 0.6 is 45.6 Å². The van der Waals surface area contributed by atoms with Gasteiger partial charge in [0.2, 0.25) is 5.91 Å². The van der Waals surface area contributed by atoms with E-state index in [1.807, 2.05) is 19.1 Å². The van der Waals surface area contributed by atoms with Gasteiger partial charge in [-0.15, -0.1) is 22.7 Å². The van der Waals surface area contributed by atoms with Gasteiger partial charge in [0.15, 0.2) is 5.13 Å². The summed E-state index contributed by atoms with van der Waals surface area (Å²) < 4.78 is 29.8. The summed E-state index contributed by atoms with van der Waals surface area (Å²) >= 11 is 9.87. The molecule has 4 aromatic rings. The standard InChI is InChI=1S/C18H15ClN4O3S4/c1-9-20-10-4-5-11-16(15(10)27-9)29-18(21-11)22-17(24)12-3-2-8-23(12)30(25,26)14-7-6-13(19)28-14/h4-7,12H,2-3,8H2,1H3,(H,21,22,24). The Hall–Kier alpha value is -1.63. The lowest BCUT2D eigenvalue weighted by molar-refractivity contribution is -0.119. The molecule has 1 atom stereocenters. The van der Waals surface area contributed by atoms with Crippen LogP contribution in [0.15, 0.2) is 28.5 Å². The van der Waals surface area contributed by atoms with Crippen LogP contribution in [0.25, 0.3) is 20.4 Å². The van der Waals surface area contributed by atoms with Crippen molar-refractivity contribution in [3.63, 3.8) is 0 Å². The number of anilines is 1. The van der Waals surface area contributed by atoms with Gasteiger partial charge in [0.25, 0.3) is 10.0 Å². The number of aromatic nitrogens is 2. The Balaban J connectivity index is 1.42. The van der Waals surface area contributed by atoms with Gasteiger partial charge in [-0.1, -0.05) is 22.9 Å². The first-order valence-corrected chi connectivity index (χ1v) is 13.3. The molecule has 1 N–H and O–H groups in total. The van der Waals surface area contributed by atoms with E-state index in [0.717, 1.165) is 36.8 Å². The molecule has 0 radical (unpaired) electrons. The zero-order valence-electron chi connectivity index (χ0n) is 15.6. The first-order chi connectivity index (χ1) is 14.3. The van der Waals surface area contributed by atoms with Crippen molar-refractivity contribution in [3.8, 4) is 0 Å². The van der Waals surface area contributed by atoms with Crippen LogP contribution in [0.3, 0.4) is 0 Å². The fourth-order valence-corrected chi connectivity index (χ4v) is 8.85. The van der Waals surface area contributed by atoms with E-state index in [2.05, 4.69) is 15.3 Å². The number of amides is 1. The Kier molecular flexibility index (Phi) is 5.07. The summed E-state index contributed by atoms with van der Waals surface area (Å²) in [5.41, 5.74) is 1.70. The summed E-state index contributed by atoms with van der Waals surface area (Å²) in [5, 5.41) is 4.25. The molecule has 1 unspecified atom stereocenters. The molecular formula is C18H15ClN4O3S4. The smallest absolute Gasteiger partial charge is 0.253 e. The second-order valence-electron chi connectivity index (χ2n) is 6.84. The molecule has 0 saturated carbocycles. The summed E-state index contributed by atoms with van der Waals surface area (Å²) in [7, 11) is -3.77. The average Bonchev–Trinajstić information content (AvgIpc) is 3.45. The van der Waals surface area contributed by atoms with Crippen LogP contribution in [0.4, 0.5) is 5.13 Å². The second-order valence-corrected chi connectivity index (χ2v) is 12.9. The van der Waals surface area contributed by atoms with Crippen molar-refractivity contribution in [3.05, 3.63) is 33.6 Å². The van der Waals surface area contributed by atoms with Gasteiger partial charge >= 0.3 is 0 Å². The number of hydrogen-bond donors (Lipinski definition) is 1. The molecule has 1 amide bonds. The molecule has 1 aliphatic rings. The number of carbonyl (C=O) groups excluding carboxylic acids is 1. The molecule has 5 rings (SSSR count). The Morgan fingerprint density at radius 1 is 1.13 bits per heavy atom. The fourth-order valence-electron chi connectivity index (χ4n) is 3.57. The number of fused-ring (bicyclic) bond motifs is 3. The van der Waals surface area contributed by atoms with Crippen molar-refractivity contribution in [2.24, 2.45) is 0 Å². The summed E-state index contributed by atoms with van der Waals surface area (Å²) in [6.07, 6.45) is 1.09. The van der Waals surface area contributed by atoms with Gasteiger partial charge < -0.3 is 5.32 Å². The lowest BCUT2D eigenvalue weighted by Gasteiger charge is -2.22. The molecule has 0 spiro atoms. The third kappa shape index (κ3) is 3.43. The number of thiophene rings is 1. The number of thiazole rings is 2. The van der Waals surface area contributed by atoms with Crippen molar-refractivity contribution in [2.45, 2.75) is 30.0 Å². The van der Waals surface area contributed by atoms with Crippen LogP contribution in [-0.2, 0) is 14.8 Å². The quantitative estimate of drug-likeness (QED) is 0.439. The average molecular weight is 499 g/mol. The summed E-state index contributed by atoms with van der Waals surface area (Å²) in [5.74, 6) is -0.366. The van der Waals surface area contributed by atoms with E-state index in [4.69, 9.17) is 11.6 Å². The molecule has 0 bridgehead atoms. The largest absolute Gasteiger partial charge is 0.301 e. The SMILES string of the molecule is Cc1nc2ccc3nc(NC(=O)C4CCCN4S(=O)(=O)c4ccc(Cl)s4)sc3c2s1. The lowest BCUT2D eigenvalue weighted by Crippen LogP contribution is -2.42. The second kappa shape index (κ2) is 7.50. The molecule has 1 saturated heterocycles. The van der Waals surface area contributed by atoms with Gasteiger partial charge in [0.05, 0.1) is 29.8 Å². The van der Waals surface area contributed by atoms with Crippen LogP contribution in [0.1, 0.15) is 17.8 Å². The highest BCUT2D eigenvalue weighted by atomic mass is 35.5. The minimum absolute atomic E-state index is 0.148. The van der Waals surface area contributed by atoms with Crippen molar-refractivity contribution >= 4 is 87.1 Å². The molecule has 3 aromatic heterocycles. The molecule has 1 aromatic carbocycles. The molecule has 30 heavy (non-hydrogen) atoms. The molecule has 156 valence electrons. The Morgan fingerprint density at radius 3 is 2.60 bits per heavy atom. The van der Waals surface area contributed by atoms with Gasteiger partial charge in [0.1, 0.15) is 10.3 Å². The number of aryl methyl sites for hydroxylation is 1. The Bertz CT molecular complexity index is 1390. The Morgan fingerprint density at radius 2 is 1.87 bits per heavy atom. The number of carbonyl (C=O) groups is 1. The van der Waals surface area contributed by atoms with Crippen molar-refractivity contribution in [1.29, 1.82) is 0 Å². The summed E-state index contributed by atoms with van der Waals surface area (Å²) in [6, 6.07) is 6.06. The third-order valence-corrected chi connectivity index (χ3v) is 10.6. The topological polar surface area (TPSA) is 92.3 Å². The number of rotatable bonds is 4. The summed E-state index contributed by atoms with van der Waals surface area (Å²) in [4.78, 5) is 22.0. The van der Waals surface area contributed by atoms with Crippen molar-refractivity contribution in [2.75, 3.05) is 11.9 Å². The zero-order chi connectivity index (χ0) is 21.0. The van der Waals surface area contributed by atoms with Gasteiger partial charge in [-0.05, 0) is 44.0 Å². The van der Waals surface area contributed by atoms with E-state index in [1.165, 1.54) is 21.7 Å². The number of halogens is 1. The van der Waals surface area contributed by atoms with Crippen LogP contribution in [0.5, 0.6) is 0 Å². The molecule has 0 aliphatic carbocycles. The van der Waals surface area contributed by atoms with Gasteiger partial charge in [-0.25, -0.2) is 18.4 Å². The summed E-state index contributed by atoms with van der Waals surface area (Å²) in [6.45, 7) is 2.26. The number of nitrogens with zero attached hydrogens (tertiary/aromatic N) is 3. The fraction of sp³-hybridized carbons (Fsp3) is 0.278. The zero-order valence-corrected chi connectivity index (χ0v) is 19.6. The van der Waals surface area contributed by atoms with E-state index in [9.17, 15) is 13.2 Å². The highest BCUT2D eigenvalue weighted by Crippen LogP contribution is 2.37. The van der Waals surface area contributed by atoms with E-state index in [1.54, 1.807) is 17.4 Å². The van der Waals surface area contributed by atoms with E-state index in [-0.39, 0.29) is 10.1 Å². The van der Waals surface area contributed by atoms with E-state index >= 15 is 0 Å². The number of nitrogens with one attached hydrogen (secondary N) is 1. The monoisotopic (exact) mass is 498 g/mol. The van der Waals surface area contributed by atoms with E-state index in [0.29, 0.717) is 28.9 Å². The van der Waals surface area contributed by atoms with Gasteiger partial charge in [-0.3, -0.25) is 4.79 Å². The predicted octanol–water partition coefficient (Wildman–Crippen LogP) is 4.72. The third-order valence-electron chi connectivity index (χ3n) is 4.87. The van der Waals surface area contributed by atoms with E-state index < -0.39 is 16.1 Å². The highest BCUT2D eigenvalue weighted by Gasteiger charge is 2.40. The highest BCUT2D eigenvalue weighted by molar-refractivity contribution is 7.91. The minimum atomic E-state index is -3.77. The molecule has 7 nitrogen and oxygen atoms in total. The maximum absolute atomic E-state index is 13.0. The maximum Gasteiger partial charge on any atom is 0.253 e.